The van der Waals surface area contributed by atoms with Gasteiger partial charge in [0, 0.05) is 24.9 Å². The van der Waals surface area contributed by atoms with Crippen molar-refractivity contribution in [1.82, 2.24) is 9.88 Å². The smallest absolute Gasteiger partial charge is 0.183 e. The fourth-order valence-corrected chi connectivity index (χ4v) is 6.49. The van der Waals surface area contributed by atoms with E-state index in [1.54, 1.807) is 11.3 Å². The Hall–Kier alpha value is -2.05. The van der Waals surface area contributed by atoms with Crippen LogP contribution >= 0.6 is 23.1 Å². The number of anilines is 1. The number of hydrogen-bond acceptors (Lipinski definition) is 5. The standard InChI is InChI=1S/C22H24N4S2/c1-26-18-9-5-11-20(18)28-22(26)24-16-7-4-6-15(14-16)12-13-23-21-25-17-8-2-3-10-19(17)27-21/h2-4,6-8,10,14,18,20H,5,9,11-13H2,1H3,(H,23,25)/t18-,20-/m1/s1. The van der Waals surface area contributed by atoms with Crippen LogP contribution < -0.4 is 5.32 Å². The molecule has 0 unspecified atom stereocenters. The Bertz CT molecular complexity index is 979. The molecule has 28 heavy (non-hydrogen) atoms. The van der Waals surface area contributed by atoms with Crippen LogP contribution in [0, 0.1) is 0 Å². The Balaban J connectivity index is 1.23. The number of aliphatic imine (C=N–C) groups is 1. The van der Waals surface area contributed by atoms with Crippen molar-refractivity contribution in [3.63, 3.8) is 0 Å². The monoisotopic (exact) mass is 408 g/mol. The van der Waals surface area contributed by atoms with E-state index in [4.69, 9.17) is 4.99 Å². The van der Waals surface area contributed by atoms with Gasteiger partial charge in [0.05, 0.1) is 15.9 Å². The summed E-state index contributed by atoms with van der Waals surface area (Å²) in [6, 6.07) is 17.6. The molecule has 144 valence electrons. The summed E-state index contributed by atoms with van der Waals surface area (Å²) in [5, 5.41) is 6.38. The van der Waals surface area contributed by atoms with E-state index in [0.29, 0.717) is 6.04 Å². The Kier molecular flexibility index (Phi) is 4.99. The number of benzene rings is 2. The van der Waals surface area contributed by atoms with E-state index in [9.17, 15) is 0 Å². The van der Waals surface area contributed by atoms with E-state index >= 15 is 0 Å². The summed E-state index contributed by atoms with van der Waals surface area (Å²) in [6.45, 7) is 0.874. The van der Waals surface area contributed by atoms with Gasteiger partial charge in [-0.15, -0.1) is 0 Å². The van der Waals surface area contributed by atoms with Crippen molar-refractivity contribution in [2.75, 3.05) is 18.9 Å². The maximum atomic E-state index is 4.95. The molecule has 0 spiro atoms. The summed E-state index contributed by atoms with van der Waals surface area (Å²) in [6.07, 6.45) is 4.96. The van der Waals surface area contributed by atoms with Crippen molar-refractivity contribution in [2.45, 2.75) is 37.0 Å². The molecule has 1 saturated heterocycles. The van der Waals surface area contributed by atoms with Crippen LogP contribution in [0.5, 0.6) is 0 Å². The van der Waals surface area contributed by atoms with Crippen LogP contribution in [0.1, 0.15) is 24.8 Å². The van der Waals surface area contributed by atoms with Crippen molar-refractivity contribution in [1.29, 1.82) is 0 Å². The number of para-hydroxylation sites is 1. The van der Waals surface area contributed by atoms with Gasteiger partial charge in [-0.3, -0.25) is 0 Å². The van der Waals surface area contributed by atoms with Crippen LogP contribution in [0.2, 0.25) is 0 Å². The molecule has 0 amide bonds. The van der Waals surface area contributed by atoms with Gasteiger partial charge in [-0.1, -0.05) is 53.8 Å². The molecule has 1 saturated carbocycles. The summed E-state index contributed by atoms with van der Waals surface area (Å²) in [4.78, 5) is 12.0. The second kappa shape index (κ2) is 7.76. The second-order valence-corrected chi connectivity index (χ2v) is 9.73. The molecule has 2 aliphatic rings. The number of nitrogens with one attached hydrogen (secondary N) is 1. The van der Waals surface area contributed by atoms with Crippen LogP contribution in [0.25, 0.3) is 10.2 Å². The fraction of sp³-hybridized carbons (Fsp3) is 0.364. The predicted octanol–water partition coefficient (Wildman–Crippen LogP) is 5.54. The van der Waals surface area contributed by atoms with Crippen molar-refractivity contribution in [3.8, 4) is 0 Å². The first kappa shape index (κ1) is 18.0. The van der Waals surface area contributed by atoms with Crippen molar-refractivity contribution in [3.05, 3.63) is 54.1 Å². The highest BCUT2D eigenvalue weighted by atomic mass is 32.2. The Labute approximate surface area is 174 Å². The summed E-state index contributed by atoms with van der Waals surface area (Å²) in [5.74, 6) is 0. The summed E-state index contributed by atoms with van der Waals surface area (Å²) >= 11 is 3.68. The molecule has 5 rings (SSSR count). The van der Waals surface area contributed by atoms with E-state index in [-0.39, 0.29) is 0 Å². The molecule has 2 heterocycles. The molecule has 1 aliphatic carbocycles. The summed E-state index contributed by atoms with van der Waals surface area (Å²) in [5.41, 5.74) is 3.43. The zero-order valence-electron chi connectivity index (χ0n) is 16.0. The molecule has 1 N–H and O–H groups in total. The van der Waals surface area contributed by atoms with Crippen LogP contribution in [0.3, 0.4) is 0 Å². The number of amidine groups is 1. The highest BCUT2D eigenvalue weighted by Gasteiger charge is 2.39. The van der Waals surface area contributed by atoms with Crippen molar-refractivity contribution < 1.29 is 0 Å². The van der Waals surface area contributed by atoms with Gasteiger partial charge in [0.15, 0.2) is 10.3 Å². The van der Waals surface area contributed by atoms with Crippen LogP contribution in [0.15, 0.2) is 53.5 Å². The van der Waals surface area contributed by atoms with Gasteiger partial charge in [0.25, 0.3) is 0 Å². The lowest BCUT2D eigenvalue weighted by Gasteiger charge is -2.19. The molecule has 0 bridgehead atoms. The fourth-order valence-electron chi connectivity index (χ4n) is 4.11. The number of thiazole rings is 1. The minimum Gasteiger partial charge on any atom is -0.361 e. The predicted molar refractivity (Wildman–Crippen MR) is 122 cm³/mol. The number of rotatable bonds is 5. The van der Waals surface area contributed by atoms with Crippen molar-refractivity contribution >= 4 is 49.3 Å². The lowest BCUT2D eigenvalue weighted by molar-refractivity contribution is 0.397. The first-order chi connectivity index (χ1) is 13.8. The van der Waals surface area contributed by atoms with E-state index < -0.39 is 0 Å². The second-order valence-electron chi connectivity index (χ2n) is 7.49. The first-order valence-corrected chi connectivity index (χ1v) is 11.6. The Morgan fingerprint density at radius 3 is 3.00 bits per heavy atom. The third-order valence-corrected chi connectivity index (χ3v) is 8.03. The zero-order valence-corrected chi connectivity index (χ0v) is 17.6. The molecule has 1 aliphatic heterocycles. The molecule has 4 nitrogen and oxygen atoms in total. The minimum absolute atomic E-state index is 0.685. The Morgan fingerprint density at radius 2 is 2.11 bits per heavy atom. The summed E-state index contributed by atoms with van der Waals surface area (Å²) < 4.78 is 1.23. The third-order valence-electron chi connectivity index (χ3n) is 5.59. The van der Waals surface area contributed by atoms with Crippen molar-refractivity contribution in [2.24, 2.45) is 4.99 Å². The van der Waals surface area contributed by atoms with Gasteiger partial charge in [-0.05, 0) is 49.1 Å². The number of hydrogen-bond donors (Lipinski definition) is 1. The average molecular weight is 409 g/mol. The van der Waals surface area contributed by atoms with E-state index in [0.717, 1.165) is 34.6 Å². The number of aromatic nitrogens is 1. The van der Waals surface area contributed by atoms with Gasteiger partial charge in [-0.2, -0.15) is 0 Å². The average Bonchev–Trinajstić information content (AvgIpc) is 3.39. The lowest BCUT2D eigenvalue weighted by atomic mass is 10.1. The molecule has 2 aromatic carbocycles. The highest BCUT2D eigenvalue weighted by molar-refractivity contribution is 8.14. The summed E-state index contributed by atoms with van der Waals surface area (Å²) in [7, 11) is 2.20. The third kappa shape index (κ3) is 3.63. The molecular formula is C22H24N4S2. The van der Waals surface area contributed by atoms with Gasteiger partial charge in [0.2, 0.25) is 0 Å². The van der Waals surface area contributed by atoms with E-state index in [1.807, 2.05) is 17.8 Å². The highest BCUT2D eigenvalue weighted by Crippen LogP contribution is 2.41. The maximum Gasteiger partial charge on any atom is 0.183 e. The Morgan fingerprint density at radius 1 is 1.18 bits per heavy atom. The SMILES string of the molecule is CN1C(=Nc2cccc(CCNc3nc4ccccc4s3)c2)S[C@@H]2CCC[C@H]21. The van der Waals surface area contributed by atoms with Gasteiger partial charge < -0.3 is 10.2 Å². The van der Waals surface area contributed by atoms with E-state index in [1.165, 1.54) is 34.7 Å². The molecule has 3 aromatic rings. The van der Waals surface area contributed by atoms with Crippen LogP contribution in [-0.2, 0) is 6.42 Å². The van der Waals surface area contributed by atoms with Crippen LogP contribution in [-0.4, -0.2) is 39.9 Å². The number of thioether (sulfide) groups is 1. The molecule has 2 fully saturated rings. The molecule has 2 atom stereocenters. The van der Waals surface area contributed by atoms with Gasteiger partial charge in [0.1, 0.15) is 0 Å². The van der Waals surface area contributed by atoms with Gasteiger partial charge in [-0.25, -0.2) is 9.98 Å². The molecule has 1 aromatic heterocycles. The topological polar surface area (TPSA) is 40.5 Å². The maximum absolute atomic E-state index is 4.95. The quantitative estimate of drug-likeness (QED) is 0.602. The van der Waals surface area contributed by atoms with Gasteiger partial charge >= 0.3 is 0 Å². The normalized spacial score (nSPS) is 22.9. The molecular weight excluding hydrogens is 384 g/mol. The lowest BCUT2D eigenvalue weighted by Crippen LogP contribution is -2.30. The molecule has 0 radical (unpaired) electrons. The minimum atomic E-state index is 0.685. The number of fused-ring (bicyclic) bond motifs is 2. The first-order valence-electron chi connectivity index (χ1n) is 9.93. The zero-order chi connectivity index (χ0) is 18.9. The number of nitrogens with zero attached hydrogens (tertiary/aromatic N) is 3. The molecule has 6 heteroatoms. The van der Waals surface area contributed by atoms with E-state index in [2.05, 4.69) is 64.7 Å². The van der Waals surface area contributed by atoms with Crippen LogP contribution in [0.4, 0.5) is 10.8 Å². The largest absolute Gasteiger partial charge is 0.361 e.